The molecule has 0 radical (unpaired) electrons. The third kappa shape index (κ3) is 2.95. The number of halogens is 4. The average molecular weight is 250 g/mol. The number of hydrogen-bond acceptors (Lipinski definition) is 1. The van der Waals surface area contributed by atoms with E-state index in [0.717, 1.165) is 12.1 Å². The zero-order valence-corrected chi connectivity index (χ0v) is 8.88. The molecule has 0 saturated heterocycles. The lowest BCUT2D eigenvalue weighted by Crippen LogP contribution is -2.17. The molecule has 0 fully saturated rings. The quantitative estimate of drug-likeness (QED) is 0.834. The first-order valence-corrected chi connectivity index (χ1v) is 4.86. The van der Waals surface area contributed by atoms with Crippen molar-refractivity contribution in [3.05, 3.63) is 35.1 Å². The fraction of sp³-hybridized carbons (Fsp3) is 0.364. The topological polar surface area (TPSA) is 37.3 Å². The van der Waals surface area contributed by atoms with Gasteiger partial charge in [0.25, 0.3) is 0 Å². The maximum Gasteiger partial charge on any atom is 0.416 e. The van der Waals surface area contributed by atoms with Crippen molar-refractivity contribution in [3.8, 4) is 0 Å². The molecule has 94 valence electrons. The highest BCUT2D eigenvalue weighted by atomic mass is 19.4. The molecule has 0 aliphatic carbocycles. The van der Waals surface area contributed by atoms with E-state index in [1.165, 1.54) is 6.92 Å². The first-order chi connectivity index (χ1) is 7.77. The van der Waals surface area contributed by atoms with Crippen molar-refractivity contribution in [1.82, 2.24) is 0 Å². The number of hydrogen-bond donors (Lipinski definition) is 1. The van der Waals surface area contributed by atoms with Gasteiger partial charge in [-0.1, -0.05) is 13.0 Å². The summed E-state index contributed by atoms with van der Waals surface area (Å²) in [5.74, 6) is -3.68. The van der Waals surface area contributed by atoms with Gasteiger partial charge in [-0.05, 0) is 24.1 Å². The van der Waals surface area contributed by atoms with Gasteiger partial charge in [0.05, 0.1) is 11.5 Å². The van der Waals surface area contributed by atoms with Crippen LogP contribution in [0.2, 0.25) is 0 Å². The van der Waals surface area contributed by atoms with Crippen LogP contribution in [0.15, 0.2) is 18.2 Å². The lowest BCUT2D eigenvalue weighted by atomic mass is 9.92. The van der Waals surface area contributed by atoms with Crippen LogP contribution < -0.4 is 0 Å². The Kier molecular flexibility index (Phi) is 3.75. The van der Waals surface area contributed by atoms with Gasteiger partial charge < -0.3 is 5.11 Å². The van der Waals surface area contributed by atoms with Gasteiger partial charge in [-0.2, -0.15) is 13.2 Å². The standard InChI is InChI=1S/C11H10F4O2/c1-2-7(10(16)17)8-4-3-6(12)5-9(8)11(13,14)15/h3-5,7H,2H2,1H3,(H,16,17). The van der Waals surface area contributed by atoms with Gasteiger partial charge in [0.1, 0.15) is 5.82 Å². The van der Waals surface area contributed by atoms with Gasteiger partial charge in [-0.25, -0.2) is 4.39 Å². The minimum Gasteiger partial charge on any atom is -0.481 e. The van der Waals surface area contributed by atoms with Crippen molar-refractivity contribution in [2.45, 2.75) is 25.4 Å². The smallest absolute Gasteiger partial charge is 0.416 e. The number of carbonyl (C=O) groups is 1. The number of alkyl halides is 3. The maximum absolute atomic E-state index is 12.8. The van der Waals surface area contributed by atoms with E-state index >= 15 is 0 Å². The summed E-state index contributed by atoms with van der Waals surface area (Å²) in [6.07, 6.45) is -4.76. The molecule has 0 bridgehead atoms. The molecule has 0 saturated carbocycles. The van der Waals surface area contributed by atoms with Crippen LogP contribution in [0.1, 0.15) is 30.4 Å². The molecule has 2 nitrogen and oxygen atoms in total. The second kappa shape index (κ2) is 4.73. The Morgan fingerprint density at radius 1 is 1.41 bits per heavy atom. The molecule has 1 rings (SSSR count). The average Bonchev–Trinajstić information content (AvgIpc) is 2.19. The second-order valence-corrected chi connectivity index (χ2v) is 3.53. The number of benzene rings is 1. The van der Waals surface area contributed by atoms with Gasteiger partial charge in [0, 0.05) is 0 Å². The Bertz CT molecular complexity index is 426. The molecule has 0 heterocycles. The largest absolute Gasteiger partial charge is 0.481 e. The summed E-state index contributed by atoms with van der Waals surface area (Å²) in [7, 11) is 0. The summed E-state index contributed by atoms with van der Waals surface area (Å²) in [4.78, 5) is 10.8. The number of carboxylic acids is 1. The van der Waals surface area contributed by atoms with Crippen LogP contribution >= 0.6 is 0 Å². The molecule has 1 N–H and O–H groups in total. The highest BCUT2D eigenvalue weighted by Gasteiger charge is 2.36. The molecule has 0 aliphatic rings. The monoisotopic (exact) mass is 250 g/mol. The molecule has 0 spiro atoms. The summed E-state index contributed by atoms with van der Waals surface area (Å²) in [5.41, 5.74) is -1.64. The molecular weight excluding hydrogens is 240 g/mol. The molecule has 0 amide bonds. The summed E-state index contributed by atoms with van der Waals surface area (Å²) >= 11 is 0. The number of rotatable bonds is 3. The molecule has 1 unspecified atom stereocenters. The van der Waals surface area contributed by atoms with Gasteiger partial charge in [-0.15, -0.1) is 0 Å². The van der Waals surface area contributed by atoms with E-state index in [0.29, 0.717) is 6.07 Å². The third-order valence-corrected chi connectivity index (χ3v) is 2.40. The molecule has 1 aromatic rings. The van der Waals surface area contributed by atoms with E-state index in [-0.39, 0.29) is 6.42 Å². The second-order valence-electron chi connectivity index (χ2n) is 3.53. The number of aliphatic carboxylic acids is 1. The molecule has 17 heavy (non-hydrogen) atoms. The molecule has 1 atom stereocenters. The van der Waals surface area contributed by atoms with Crippen molar-refractivity contribution in [2.75, 3.05) is 0 Å². The van der Waals surface area contributed by atoms with Gasteiger partial charge in [0.2, 0.25) is 0 Å². The zero-order valence-electron chi connectivity index (χ0n) is 8.88. The van der Waals surface area contributed by atoms with Crippen LogP contribution in [0.25, 0.3) is 0 Å². The Morgan fingerprint density at radius 2 is 2.00 bits per heavy atom. The normalized spacial score (nSPS) is 13.5. The van der Waals surface area contributed by atoms with Crippen LogP contribution in [0.5, 0.6) is 0 Å². The summed E-state index contributed by atoms with van der Waals surface area (Å²) in [5, 5.41) is 8.83. The fourth-order valence-corrected chi connectivity index (χ4v) is 1.61. The van der Waals surface area contributed by atoms with Crippen LogP contribution in [0, 0.1) is 5.82 Å². The van der Waals surface area contributed by atoms with Crippen LogP contribution in [0.4, 0.5) is 17.6 Å². The summed E-state index contributed by atoms with van der Waals surface area (Å²) < 4.78 is 50.7. The maximum atomic E-state index is 12.8. The van der Waals surface area contributed by atoms with E-state index in [9.17, 15) is 22.4 Å². The van der Waals surface area contributed by atoms with E-state index < -0.39 is 35.0 Å². The van der Waals surface area contributed by atoms with Gasteiger partial charge in [0.15, 0.2) is 0 Å². The van der Waals surface area contributed by atoms with E-state index in [4.69, 9.17) is 5.11 Å². The minimum atomic E-state index is -4.76. The summed E-state index contributed by atoms with van der Waals surface area (Å²) in [6, 6.07) is 2.03. The first-order valence-electron chi connectivity index (χ1n) is 4.86. The minimum absolute atomic E-state index is 0.00401. The Balaban J connectivity index is 3.37. The van der Waals surface area contributed by atoms with E-state index in [2.05, 4.69) is 0 Å². The van der Waals surface area contributed by atoms with Crippen molar-refractivity contribution in [2.24, 2.45) is 0 Å². The molecular formula is C11H10F4O2. The summed E-state index contributed by atoms with van der Waals surface area (Å²) in [6.45, 7) is 1.46. The SMILES string of the molecule is CCC(C(=O)O)c1ccc(F)cc1C(F)(F)F. The number of carboxylic acid groups (broad SMARTS) is 1. The van der Waals surface area contributed by atoms with Crippen LogP contribution in [0.3, 0.4) is 0 Å². The lowest BCUT2D eigenvalue weighted by Gasteiger charge is -2.17. The predicted octanol–water partition coefficient (Wildman–Crippen LogP) is 3.42. The van der Waals surface area contributed by atoms with Crippen molar-refractivity contribution < 1.29 is 27.5 Å². The first kappa shape index (κ1) is 13.5. The van der Waals surface area contributed by atoms with Crippen molar-refractivity contribution >= 4 is 5.97 Å². The van der Waals surface area contributed by atoms with Gasteiger partial charge >= 0.3 is 12.1 Å². The highest BCUT2D eigenvalue weighted by molar-refractivity contribution is 5.76. The fourth-order valence-electron chi connectivity index (χ4n) is 1.61. The highest BCUT2D eigenvalue weighted by Crippen LogP contribution is 2.36. The zero-order chi connectivity index (χ0) is 13.2. The Hall–Kier alpha value is -1.59. The lowest BCUT2D eigenvalue weighted by molar-refractivity contribution is -0.141. The molecule has 0 aromatic heterocycles. The van der Waals surface area contributed by atoms with E-state index in [1.807, 2.05) is 0 Å². The Morgan fingerprint density at radius 3 is 2.41 bits per heavy atom. The van der Waals surface area contributed by atoms with Gasteiger partial charge in [-0.3, -0.25) is 4.79 Å². The predicted molar refractivity (Wildman–Crippen MR) is 52.1 cm³/mol. The Labute approximate surface area is 94.9 Å². The van der Waals surface area contributed by atoms with E-state index in [1.54, 1.807) is 0 Å². The van der Waals surface area contributed by atoms with Crippen molar-refractivity contribution in [3.63, 3.8) is 0 Å². The van der Waals surface area contributed by atoms with Crippen LogP contribution in [-0.4, -0.2) is 11.1 Å². The third-order valence-electron chi connectivity index (χ3n) is 2.40. The molecule has 6 heteroatoms. The molecule has 0 aliphatic heterocycles. The van der Waals surface area contributed by atoms with Crippen molar-refractivity contribution in [1.29, 1.82) is 0 Å². The molecule has 1 aromatic carbocycles. The van der Waals surface area contributed by atoms with Crippen LogP contribution in [-0.2, 0) is 11.0 Å².